The van der Waals surface area contributed by atoms with Crippen LogP contribution in [0.3, 0.4) is 0 Å². The average Bonchev–Trinajstić information content (AvgIpc) is 4.05. The molecule has 1 unspecified atom stereocenters. The molecule has 60 heavy (non-hydrogen) atoms. The number of thiophene rings is 2. The predicted octanol–water partition coefficient (Wildman–Crippen LogP) is 16.6. The molecule has 3 heterocycles. The van der Waals surface area contributed by atoms with Gasteiger partial charge in [0.15, 0.2) is 0 Å². The summed E-state index contributed by atoms with van der Waals surface area (Å²) in [5.41, 5.74) is 15.8. The third kappa shape index (κ3) is 5.16. The SMILES string of the molecule is c1ccc(CCC2c3ccccc3-c3c(-c4ccc5c6ccccc6n(-c6cc(-c7ccc8sc9ccccc9c8c7)c7sc8ccccc8c7c6)c5c4)cccc32)cc1. The minimum Gasteiger partial charge on any atom is -0.309 e. The Kier molecular flexibility index (Phi) is 7.60. The van der Waals surface area contributed by atoms with Gasteiger partial charge < -0.3 is 4.57 Å². The van der Waals surface area contributed by atoms with E-state index in [0.29, 0.717) is 5.92 Å². The van der Waals surface area contributed by atoms with Crippen molar-refractivity contribution in [1.82, 2.24) is 4.57 Å². The normalized spacial score (nSPS) is 13.6. The molecule has 1 aliphatic rings. The fourth-order valence-electron chi connectivity index (χ4n) is 10.3. The fourth-order valence-corrected chi connectivity index (χ4v) is 12.6. The topological polar surface area (TPSA) is 4.93 Å². The average molecular weight is 800 g/mol. The van der Waals surface area contributed by atoms with E-state index in [4.69, 9.17) is 0 Å². The van der Waals surface area contributed by atoms with Crippen LogP contribution in [-0.2, 0) is 6.42 Å². The standard InChI is InChI=1S/C57H37NS2/c1-2-13-35(14-3-1)25-28-41-40-15-4-5-19-46(40)56-39(20-12-21-47(41)56)37-26-29-43-42-16-6-9-22-51(42)58(52(43)32-37)38-33-48(57-50(34-38)45-18-8-11-24-54(45)60-57)36-27-30-55-49(31-36)44-17-7-10-23-53(44)59-55/h1-24,26-27,29-34,41H,25,28H2. The molecule has 3 heteroatoms. The molecule has 0 aliphatic heterocycles. The van der Waals surface area contributed by atoms with Gasteiger partial charge in [-0.3, -0.25) is 0 Å². The van der Waals surface area contributed by atoms with E-state index in [-0.39, 0.29) is 0 Å². The first kappa shape index (κ1) is 34.1. The highest BCUT2D eigenvalue weighted by Gasteiger charge is 2.30. The van der Waals surface area contributed by atoms with Crippen LogP contribution in [0.4, 0.5) is 0 Å². The number of aryl methyl sites for hydroxylation is 1. The molecule has 0 radical (unpaired) electrons. The Morgan fingerprint density at radius 3 is 1.93 bits per heavy atom. The van der Waals surface area contributed by atoms with Crippen LogP contribution in [-0.4, -0.2) is 4.57 Å². The molecule has 0 bridgehead atoms. The van der Waals surface area contributed by atoms with Gasteiger partial charge in [0.2, 0.25) is 0 Å². The largest absolute Gasteiger partial charge is 0.309 e. The second-order valence-corrected chi connectivity index (χ2v) is 18.4. The molecule has 9 aromatic carbocycles. The Morgan fingerprint density at radius 2 is 1.05 bits per heavy atom. The monoisotopic (exact) mass is 799 g/mol. The molecule has 0 saturated carbocycles. The molecule has 1 nitrogen and oxygen atoms in total. The number of benzene rings is 9. The van der Waals surface area contributed by atoms with E-state index < -0.39 is 0 Å². The van der Waals surface area contributed by atoms with Crippen LogP contribution in [0.1, 0.15) is 29.0 Å². The maximum absolute atomic E-state index is 2.53. The van der Waals surface area contributed by atoms with Crippen LogP contribution in [0, 0.1) is 0 Å². The van der Waals surface area contributed by atoms with Gasteiger partial charge in [-0.05, 0) is 106 Å². The van der Waals surface area contributed by atoms with Crippen LogP contribution in [0.5, 0.6) is 0 Å². The lowest BCUT2D eigenvalue weighted by molar-refractivity contribution is 0.729. The van der Waals surface area contributed by atoms with Crippen molar-refractivity contribution in [2.24, 2.45) is 0 Å². The molecule has 13 rings (SSSR count). The van der Waals surface area contributed by atoms with Crippen LogP contribution >= 0.6 is 22.7 Å². The highest BCUT2D eigenvalue weighted by molar-refractivity contribution is 7.26. The van der Waals surface area contributed by atoms with E-state index in [1.807, 2.05) is 22.7 Å². The summed E-state index contributed by atoms with van der Waals surface area (Å²) in [6.45, 7) is 0. The molecule has 0 spiro atoms. The van der Waals surface area contributed by atoms with Crippen molar-refractivity contribution in [3.8, 4) is 39.1 Å². The molecule has 1 atom stereocenters. The summed E-state index contributed by atoms with van der Waals surface area (Å²) < 4.78 is 7.85. The fraction of sp³-hybridized carbons (Fsp3) is 0.0526. The first-order valence-electron chi connectivity index (χ1n) is 20.9. The second-order valence-electron chi connectivity index (χ2n) is 16.3. The van der Waals surface area contributed by atoms with Gasteiger partial charge in [0, 0.05) is 68.3 Å². The number of fused-ring (bicyclic) bond motifs is 12. The highest BCUT2D eigenvalue weighted by Crippen LogP contribution is 2.51. The van der Waals surface area contributed by atoms with Crippen molar-refractivity contribution in [1.29, 1.82) is 0 Å². The Morgan fingerprint density at radius 1 is 0.400 bits per heavy atom. The van der Waals surface area contributed by atoms with E-state index in [1.54, 1.807) is 0 Å². The Balaban J connectivity index is 1.03. The lowest BCUT2D eigenvalue weighted by Crippen LogP contribution is -1.99. The molecular weight excluding hydrogens is 763 g/mol. The van der Waals surface area contributed by atoms with Crippen LogP contribution in [0.25, 0.3) is 101 Å². The van der Waals surface area contributed by atoms with E-state index >= 15 is 0 Å². The smallest absolute Gasteiger partial charge is 0.0547 e. The minimum absolute atomic E-state index is 0.364. The third-order valence-corrected chi connectivity index (χ3v) is 15.4. The summed E-state index contributed by atoms with van der Waals surface area (Å²) >= 11 is 3.79. The molecule has 0 N–H and O–H groups in total. The molecule has 12 aromatic rings. The zero-order chi connectivity index (χ0) is 39.3. The lowest BCUT2D eigenvalue weighted by atomic mass is 9.89. The minimum atomic E-state index is 0.364. The van der Waals surface area contributed by atoms with Crippen LogP contribution in [0.2, 0.25) is 0 Å². The summed E-state index contributed by atoms with van der Waals surface area (Å²) in [6, 6.07) is 73.0. The first-order chi connectivity index (χ1) is 29.7. The van der Waals surface area contributed by atoms with Gasteiger partial charge in [-0.2, -0.15) is 0 Å². The Bertz CT molecular complexity index is 3670. The van der Waals surface area contributed by atoms with Crippen molar-refractivity contribution >= 4 is 84.8 Å². The van der Waals surface area contributed by atoms with E-state index in [9.17, 15) is 0 Å². The van der Waals surface area contributed by atoms with Gasteiger partial charge >= 0.3 is 0 Å². The Labute approximate surface area is 356 Å². The highest BCUT2D eigenvalue weighted by atomic mass is 32.1. The number of para-hydroxylation sites is 1. The summed E-state index contributed by atoms with van der Waals surface area (Å²) in [5, 5.41) is 7.81. The summed E-state index contributed by atoms with van der Waals surface area (Å²) in [4.78, 5) is 0. The second kappa shape index (κ2) is 13.4. The number of hydrogen-bond donors (Lipinski definition) is 0. The van der Waals surface area contributed by atoms with E-state index in [0.717, 1.165) is 12.8 Å². The van der Waals surface area contributed by atoms with Gasteiger partial charge in [0.05, 0.1) is 11.0 Å². The number of rotatable bonds is 6. The molecule has 0 amide bonds. The predicted molar refractivity (Wildman–Crippen MR) is 259 cm³/mol. The molecule has 3 aromatic heterocycles. The molecule has 1 aliphatic carbocycles. The van der Waals surface area contributed by atoms with Gasteiger partial charge in [0.25, 0.3) is 0 Å². The Hall–Kier alpha value is -6.78. The van der Waals surface area contributed by atoms with Crippen molar-refractivity contribution in [3.63, 3.8) is 0 Å². The summed E-state index contributed by atoms with van der Waals surface area (Å²) in [5.74, 6) is 0.364. The van der Waals surface area contributed by atoms with Crippen molar-refractivity contribution in [2.45, 2.75) is 18.8 Å². The van der Waals surface area contributed by atoms with Gasteiger partial charge in [0.1, 0.15) is 0 Å². The summed E-state index contributed by atoms with van der Waals surface area (Å²) in [7, 11) is 0. The third-order valence-electron chi connectivity index (χ3n) is 13.0. The number of nitrogens with zero attached hydrogens (tertiary/aromatic N) is 1. The van der Waals surface area contributed by atoms with Crippen molar-refractivity contribution in [3.05, 3.63) is 211 Å². The van der Waals surface area contributed by atoms with Gasteiger partial charge in [-0.15, -0.1) is 22.7 Å². The molecular formula is C57H37NS2. The quantitative estimate of drug-likeness (QED) is 0.158. The molecule has 282 valence electrons. The lowest BCUT2D eigenvalue weighted by Gasteiger charge is -2.15. The number of hydrogen-bond acceptors (Lipinski definition) is 2. The molecule has 0 fully saturated rings. The summed E-state index contributed by atoms with van der Waals surface area (Å²) in [6.07, 6.45) is 2.14. The van der Waals surface area contributed by atoms with Crippen molar-refractivity contribution in [2.75, 3.05) is 0 Å². The van der Waals surface area contributed by atoms with Crippen LogP contribution < -0.4 is 0 Å². The molecule has 0 saturated heterocycles. The van der Waals surface area contributed by atoms with E-state index in [1.165, 1.54) is 118 Å². The van der Waals surface area contributed by atoms with Gasteiger partial charge in [-0.1, -0.05) is 146 Å². The maximum atomic E-state index is 2.53. The first-order valence-corrected chi connectivity index (χ1v) is 22.6. The van der Waals surface area contributed by atoms with E-state index in [2.05, 4.69) is 199 Å². The van der Waals surface area contributed by atoms with Crippen LogP contribution in [0.15, 0.2) is 194 Å². The maximum Gasteiger partial charge on any atom is 0.0547 e. The van der Waals surface area contributed by atoms with Crippen molar-refractivity contribution < 1.29 is 0 Å². The van der Waals surface area contributed by atoms with Gasteiger partial charge in [-0.25, -0.2) is 0 Å². The zero-order valence-electron chi connectivity index (χ0n) is 32.7. The zero-order valence-corrected chi connectivity index (χ0v) is 34.4. The number of aromatic nitrogens is 1.